The Labute approximate surface area is 329 Å². The monoisotopic (exact) mass is 751 g/mol. The van der Waals surface area contributed by atoms with E-state index in [2.05, 4.69) is 41.5 Å². The lowest BCUT2D eigenvalue weighted by atomic mass is 10.0. The predicted octanol–water partition coefficient (Wildman–Crippen LogP) is 14.4. The van der Waals surface area contributed by atoms with Crippen LogP contribution in [0, 0.1) is 17.8 Å². The lowest BCUT2D eigenvalue weighted by Crippen LogP contribution is -2.30. The van der Waals surface area contributed by atoms with Crippen molar-refractivity contribution in [2.75, 3.05) is 13.2 Å². The van der Waals surface area contributed by atoms with Gasteiger partial charge in [0, 0.05) is 19.3 Å². The largest absolute Gasteiger partial charge is 0.462 e. The summed E-state index contributed by atoms with van der Waals surface area (Å²) in [5.74, 6) is 1.53. The Morgan fingerprint density at radius 2 is 0.547 bits per heavy atom. The standard InChI is InChI=1S/C47H90O6/c1-41(2)33-27-21-15-11-7-9-13-17-24-30-36-45(48)51-39-44(40-52-46(49)37-31-25-20-19-23-29-35-43(5)6)53-47(50)38-32-26-18-14-10-8-12-16-22-28-34-42(3)4/h41-44H,7-40H2,1-6H3/t44-/m1/s1. The summed E-state index contributed by atoms with van der Waals surface area (Å²) in [7, 11) is 0. The molecule has 0 aliphatic rings. The zero-order chi connectivity index (χ0) is 39.2. The van der Waals surface area contributed by atoms with E-state index in [1.54, 1.807) is 0 Å². The molecule has 0 aromatic carbocycles. The van der Waals surface area contributed by atoms with Crippen molar-refractivity contribution in [3.8, 4) is 0 Å². The topological polar surface area (TPSA) is 78.9 Å². The smallest absolute Gasteiger partial charge is 0.306 e. The van der Waals surface area contributed by atoms with E-state index in [0.717, 1.165) is 75.5 Å². The van der Waals surface area contributed by atoms with Crippen molar-refractivity contribution in [3.05, 3.63) is 0 Å². The van der Waals surface area contributed by atoms with E-state index in [0.29, 0.717) is 19.3 Å². The van der Waals surface area contributed by atoms with Crippen LogP contribution >= 0.6 is 0 Å². The molecule has 0 unspecified atom stereocenters. The molecule has 0 heterocycles. The molecular formula is C47H90O6. The van der Waals surface area contributed by atoms with E-state index in [-0.39, 0.29) is 31.1 Å². The second-order valence-electron chi connectivity index (χ2n) is 17.5. The van der Waals surface area contributed by atoms with Crippen molar-refractivity contribution in [1.82, 2.24) is 0 Å². The van der Waals surface area contributed by atoms with E-state index in [9.17, 15) is 14.4 Å². The molecule has 6 heteroatoms. The molecule has 0 radical (unpaired) electrons. The lowest BCUT2D eigenvalue weighted by Gasteiger charge is -2.18. The van der Waals surface area contributed by atoms with E-state index in [1.165, 1.54) is 128 Å². The van der Waals surface area contributed by atoms with Gasteiger partial charge in [0.05, 0.1) is 0 Å². The summed E-state index contributed by atoms with van der Waals surface area (Å²) in [6.07, 6.45) is 35.3. The number of ether oxygens (including phenoxy) is 3. The first-order valence-electron chi connectivity index (χ1n) is 23.1. The average molecular weight is 751 g/mol. The minimum absolute atomic E-state index is 0.0666. The number of esters is 3. The van der Waals surface area contributed by atoms with Crippen LogP contribution in [-0.4, -0.2) is 37.2 Å². The second-order valence-corrected chi connectivity index (χ2v) is 17.5. The number of hydrogen-bond acceptors (Lipinski definition) is 6. The summed E-state index contributed by atoms with van der Waals surface area (Å²) >= 11 is 0. The first kappa shape index (κ1) is 51.4. The average Bonchev–Trinajstić information content (AvgIpc) is 3.11. The minimum atomic E-state index is -0.762. The Hall–Kier alpha value is -1.59. The summed E-state index contributed by atoms with van der Waals surface area (Å²) < 4.78 is 16.7. The molecule has 0 aromatic rings. The molecule has 0 amide bonds. The molecule has 314 valence electrons. The summed E-state index contributed by atoms with van der Waals surface area (Å²) in [6, 6.07) is 0. The van der Waals surface area contributed by atoms with Crippen molar-refractivity contribution in [2.45, 2.75) is 253 Å². The molecule has 0 aliphatic carbocycles. The summed E-state index contributed by atoms with van der Waals surface area (Å²) in [5.41, 5.74) is 0. The van der Waals surface area contributed by atoms with Gasteiger partial charge in [-0.3, -0.25) is 14.4 Å². The van der Waals surface area contributed by atoms with E-state index >= 15 is 0 Å². The first-order chi connectivity index (χ1) is 25.6. The van der Waals surface area contributed by atoms with Gasteiger partial charge in [0.2, 0.25) is 0 Å². The van der Waals surface area contributed by atoms with Gasteiger partial charge >= 0.3 is 17.9 Å². The van der Waals surface area contributed by atoms with Crippen LogP contribution in [0.15, 0.2) is 0 Å². The van der Waals surface area contributed by atoms with Crippen LogP contribution in [0.4, 0.5) is 0 Å². The molecule has 0 fully saturated rings. The van der Waals surface area contributed by atoms with E-state index in [1.807, 2.05) is 0 Å². The zero-order valence-electron chi connectivity index (χ0n) is 36.3. The fraction of sp³-hybridized carbons (Fsp3) is 0.936. The maximum absolute atomic E-state index is 12.7. The quantitative estimate of drug-likeness (QED) is 0.0352. The second kappa shape index (κ2) is 38.7. The number of carbonyl (C=O) groups excluding carboxylic acids is 3. The Morgan fingerprint density at radius 1 is 0.321 bits per heavy atom. The van der Waals surface area contributed by atoms with Crippen molar-refractivity contribution >= 4 is 17.9 Å². The van der Waals surface area contributed by atoms with Gasteiger partial charge in [-0.25, -0.2) is 0 Å². The Morgan fingerprint density at radius 3 is 0.811 bits per heavy atom. The van der Waals surface area contributed by atoms with Crippen LogP contribution < -0.4 is 0 Å². The van der Waals surface area contributed by atoms with Gasteiger partial charge < -0.3 is 14.2 Å². The van der Waals surface area contributed by atoms with Gasteiger partial charge in [0.15, 0.2) is 6.10 Å². The highest BCUT2D eigenvalue weighted by Gasteiger charge is 2.19. The molecule has 0 spiro atoms. The van der Waals surface area contributed by atoms with Gasteiger partial charge in [-0.15, -0.1) is 0 Å². The Bertz CT molecular complexity index is 822. The number of rotatable bonds is 40. The molecule has 0 saturated heterocycles. The maximum atomic E-state index is 12.7. The molecule has 0 aliphatic heterocycles. The van der Waals surface area contributed by atoms with E-state index in [4.69, 9.17) is 14.2 Å². The third kappa shape index (κ3) is 41.4. The number of carbonyl (C=O) groups is 3. The van der Waals surface area contributed by atoms with Crippen molar-refractivity contribution in [1.29, 1.82) is 0 Å². The van der Waals surface area contributed by atoms with Gasteiger partial charge in [-0.1, -0.05) is 208 Å². The zero-order valence-corrected chi connectivity index (χ0v) is 36.3. The fourth-order valence-corrected chi connectivity index (χ4v) is 6.88. The molecule has 0 N–H and O–H groups in total. The van der Waals surface area contributed by atoms with Crippen molar-refractivity contribution in [2.24, 2.45) is 17.8 Å². The van der Waals surface area contributed by atoms with Crippen LogP contribution in [0.3, 0.4) is 0 Å². The molecule has 6 nitrogen and oxygen atoms in total. The molecule has 1 atom stereocenters. The molecule has 53 heavy (non-hydrogen) atoms. The number of hydrogen-bond donors (Lipinski definition) is 0. The van der Waals surface area contributed by atoms with Crippen molar-refractivity contribution < 1.29 is 28.6 Å². The molecule has 0 saturated carbocycles. The minimum Gasteiger partial charge on any atom is -0.462 e. The van der Waals surface area contributed by atoms with Gasteiger partial charge in [0.1, 0.15) is 13.2 Å². The van der Waals surface area contributed by atoms with Crippen LogP contribution in [0.25, 0.3) is 0 Å². The van der Waals surface area contributed by atoms with Gasteiger partial charge in [-0.05, 0) is 37.0 Å². The third-order valence-electron chi connectivity index (χ3n) is 10.4. The van der Waals surface area contributed by atoms with Crippen LogP contribution in [0.5, 0.6) is 0 Å². The third-order valence-corrected chi connectivity index (χ3v) is 10.4. The Kier molecular flexibility index (Phi) is 37.5. The summed E-state index contributed by atoms with van der Waals surface area (Å²) in [5, 5.41) is 0. The van der Waals surface area contributed by atoms with Gasteiger partial charge in [-0.2, -0.15) is 0 Å². The maximum Gasteiger partial charge on any atom is 0.306 e. The normalized spacial score (nSPS) is 12.2. The summed E-state index contributed by atoms with van der Waals surface area (Å²) in [4.78, 5) is 37.7. The lowest BCUT2D eigenvalue weighted by molar-refractivity contribution is -0.167. The highest BCUT2D eigenvalue weighted by Crippen LogP contribution is 2.17. The highest BCUT2D eigenvalue weighted by atomic mass is 16.6. The van der Waals surface area contributed by atoms with E-state index < -0.39 is 6.10 Å². The first-order valence-corrected chi connectivity index (χ1v) is 23.1. The fourth-order valence-electron chi connectivity index (χ4n) is 6.88. The SMILES string of the molecule is CC(C)CCCCCCCCCCCCC(=O)OC[C@H](COC(=O)CCCCCCCCC(C)C)OC(=O)CCCCCCCCCCCCC(C)C. The van der Waals surface area contributed by atoms with Crippen LogP contribution in [0.1, 0.15) is 247 Å². The van der Waals surface area contributed by atoms with Crippen LogP contribution in [-0.2, 0) is 28.6 Å². The number of unbranched alkanes of at least 4 members (excludes halogenated alkanes) is 23. The Balaban J connectivity index is 4.33. The molecule has 0 rings (SSSR count). The molecule has 0 aromatic heterocycles. The van der Waals surface area contributed by atoms with Crippen molar-refractivity contribution in [3.63, 3.8) is 0 Å². The predicted molar refractivity (Wildman–Crippen MR) is 224 cm³/mol. The molecular weight excluding hydrogens is 661 g/mol. The highest BCUT2D eigenvalue weighted by molar-refractivity contribution is 5.71. The van der Waals surface area contributed by atoms with Crippen LogP contribution in [0.2, 0.25) is 0 Å². The summed E-state index contributed by atoms with van der Waals surface area (Å²) in [6.45, 7) is 13.6. The molecule has 0 bridgehead atoms. The van der Waals surface area contributed by atoms with Gasteiger partial charge in [0.25, 0.3) is 0 Å².